The molecule has 0 aromatic heterocycles. The Morgan fingerprint density at radius 2 is 1.78 bits per heavy atom. The number of nitriles is 1. The highest BCUT2D eigenvalue weighted by Crippen LogP contribution is 2.77. The Balaban J connectivity index is 2.40. The SMILES string of the molecule is CCOP(=O)(OCC)[C@@]1(C#N)C[C@]1(C)S(=O)c1ccc(C)cc1. The van der Waals surface area contributed by atoms with E-state index in [2.05, 4.69) is 6.07 Å². The van der Waals surface area contributed by atoms with E-state index in [1.807, 2.05) is 19.1 Å². The minimum Gasteiger partial charge on any atom is -0.308 e. The fourth-order valence-electron chi connectivity index (χ4n) is 2.79. The molecule has 126 valence electrons. The van der Waals surface area contributed by atoms with Crippen molar-refractivity contribution in [3.05, 3.63) is 29.8 Å². The zero-order valence-electron chi connectivity index (χ0n) is 13.9. The Morgan fingerprint density at radius 1 is 1.26 bits per heavy atom. The van der Waals surface area contributed by atoms with Crippen molar-refractivity contribution in [1.82, 2.24) is 0 Å². The first kappa shape index (κ1) is 18.4. The standard InChI is InChI=1S/C16H22NO4PS/c1-5-20-22(18,21-6-2)16(12-17)11-15(16,4)23(19)14-9-7-13(3)8-10-14/h7-10H,5-6,11H2,1-4H3/t15-,16+,23?/m0/s1. The van der Waals surface area contributed by atoms with Crippen LogP contribution in [0.2, 0.25) is 0 Å². The molecule has 7 heteroatoms. The lowest BCUT2D eigenvalue weighted by Crippen LogP contribution is -2.28. The highest BCUT2D eigenvalue weighted by molar-refractivity contribution is 7.87. The molecule has 0 N–H and O–H groups in total. The molecule has 1 saturated carbocycles. The fraction of sp³-hybridized carbons (Fsp3) is 0.562. The molecule has 3 atom stereocenters. The van der Waals surface area contributed by atoms with E-state index in [0.29, 0.717) is 4.90 Å². The van der Waals surface area contributed by atoms with Gasteiger partial charge in [0, 0.05) is 4.90 Å². The molecular formula is C16H22NO4PS. The summed E-state index contributed by atoms with van der Waals surface area (Å²) >= 11 is 0. The molecule has 1 unspecified atom stereocenters. The van der Waals surface area contributed by atoms with Gasteiger partial charge in [0.2, 0.25) is 0 Å². The van der Waals surface area contributed by atoms with Crippen molar-refractivity contribution >= 4 is 18.4 Å². The molecule has 1 aromatic rings. The zero-order chi connectivity index (χ0) is 17.3. The number of hydrogen-bond acceptors (Lipinski definition) is 5. The third-order valence-electron chi connectivity index (χ3n) is 4.24. The van der Waals surface area contributed by atoms with Gasteiger partial charge in [-0.25, -0.2) is 0 Å². The number of rotatable bonds is 7. The van der Waals surface area contributed by atoms with E-state index in [9.17, 15) is 14.0 Å². The lowest BCUT2D eigenvalue weighted by molar-refractivity contribution is 0.213. The van der Waals surface area contributed by atoms with Crippen LogP contribution in [0.15, 0.2) is 29.2 Å². The smallest absolute Gasteiger partial charge is 0.308 e. The summed E-state index contributed by atoms with van der Waals surface area (Å²) in [6.45, 7) is 7.42. The van der Waals surface area contributed by atoms with Crippen LogP contribution in [0, 0.1) is 18.3 Å². The van der Waals surface area contributed by atoms with Crippen LogP contribution in [0.1, 0.15) is 32.8 Å². The number of aryl methyl sites for hydroxylation is 1. The maximum atomic E-state index is 13.1. The second-order valence-electron chi connectivity index (χ2n) is 5.79. The summed E-state index contributed by atoms with van der Waals surface area (Å²) in [6, 6.07) is 9.42. The Labute approximate surface area is 140 Å². The van der Waals surface area contributed by atoms with Crippen LogP contribution in [0.4, 0.5) is 0 Å². The van der Waals surface area contributed by atoms with Gasteiger partial charge in [0.25, 0.3) is 0 Å². The summed E-state index contributed by atoms with van der Waals surface area (Å²) < 4.78 is 35.9. The van der Waals surface area contributed by atoms with E-state index in [1.54, 1.807) is 32.9 Å². The summed E-state index contributed by atoms with van der Waals surface area (Å²) in [5.74, 6) is 0. The molecule has 23 heavy (non-hydrogen) atoms. The predicted molar refractivity (Wildman–Crippen MR) is 89.8 cm³/mol. The molecule has 1 aliphatic carbocycles. The van der Waals surface area contributed by atoms with Gasteiger partial charge in [-0.3, -0.25) is 8.77 Å². The molecule has 5 nitrogen and oxygen atoms in total. The molecule has 0 aliphatic heterocycles. The first-order chi connectivity index (χ1) is 10.8. The maximum absolute atomic E-state index is 13.1. The minimum atomic E-state index is -3.67. The van der Waals surface area contributed by atoms with Crippen molar-refractivity contribution < 1.29 is 17.8 Å². The van der Waals surface area contributed by atoms with Crippen molar-refractivity contribution in [2.24, 2.45) is 0 Å². The first-order valence-electron chi connectivity index (χ1n) is 7.59. The molecule has 0 saturated heterocycles. The molecule has 1 aromatic carbocycles. The van der Waals surface area contributed by atoms with Gasteiger partial charge < -0.3 is 9.05 Å². The lowest BCUT2D eigenvalue weighted by Gasteiger charge is -2.25. The quantitative estimate of drug-likeness (QED) is 0.696. The van der Waals surface area contributed by atoms with Crippen LogP contribution in [-0.2, 0) is 24.4 Å². The Kier molecular flexibility index (Phi) is 5.18. The highest BCUT2D eigenvalue weighted by Gasteiger charge is 2.79. The molecule has 0 spiro atoms. The van der Waals surface area contributed by atoms with Crippen molar-refractivity contribution in [3.63, 3.8) is 0 Å². The van der Waals surface area contributed by atoms with Gasteiger partial charge in [0.15, 0.2) is 5.16 Å². The molecular weight excluding hydrogens is 333 g/mol. The van der Waals surface area contributed by atoms with Crippen LogP contribution in [0.25, 0.3) is 0 Å². The van der Waals surface area contributed by atoms with E-state index >= 15 is 0 Å². The third-order valence-corrected chi connectivity index (χ3v) is 9.28. The normalized spacial score (nSPS) is 28.1. The lowest BCUT2D eigenvalue weighted by atomic mass is 10.2. The third kappa shape index (κ3) is 2.81. The molecule has 0 bridgehead atoms. The van der Waals surface area contributed by atoms with Gasteiger partial charge in [-0.15, -0.1) is 0 Å². The van der Waals surface area contributed by atoms with Gasteiger partial charge >= 0.3 is 7.60 Å². The van der Waals surface area contributed by atoms with E-state index in [1.165, 1.54) is 0 Å². The van der Waals surface area contributed by atoms with Crippen LogP contribution in [-0.4, -0.2) is 27.3 Å². The van der Waals surface area contributed by atoms with Crippen LogP contribution >= 0.6 is 7.60 Å². The fourth-order valence-corrected chi connectivity index (χ4v) is 7.49. The van der Waals surface area contributed by atoms with Crippen molar-refractivity contribution in [3.8, 4) is 6.07 Å². The van der Waals surface area contributed by atoms with Gasteiger partial charge in [-0.2, -0.15) is 5.26 Å². The van der Waals surface area contributed by atoms with Crippen molar-refractivity contribution in [1.29, 1.82) is 5.26 Å². The molecule has 2 rings (SSSR count). The van der Waals surface area contributed by atoms with Gasteiger partial charge in [0.05, 0.1) is 34.8 Å². The van der Waals surface area contributed by atoms with Crippen molar-refractivity contribution in [2.45, 2.75) is 48.9 Å². The second-order valence-corrected chi connectivity index (χ2v) is 9.98. The highest BCUT2D eigenvalue weighted by atomic mass is 32.2. The minimum absolute atomic E-state index is 0.175. The van der Waals surface area contributed by atoms with Crippen LogP contribution in [0.3, 0.4) is 0 Å². The van der Waals surface area contributed by atoms with Gasteiger partial charge in [0.1, 0.15) is 0 Å². The summed E-state index contributed by atoms with van der Waals surface area (Å²) in [7, 11) is -5.15. The zero-order valence-corrected chi connectivity index (χ0v) is 15.6. The molecule has 1 fully saturated rings. The largest absolute Gasteiger partial charge is 0.352 e. The maximum Gasteiger partial charge on any atom is 0.352 e. The Hall–Kier alpha value is -0.990. The van der Waals surface area contributed by atoms with Crippen molar-refractivity contribution in [2.75, 3.05) is 13.2 Å². The average molecular weight is 355 g/mol. The van der Waals surface area contributed by atoms with E-state index in [4.69, 9.17) is 9.05 Å². The summed E-state index contributed by atoms with van der Waals surface area (Å²) in [6.07, 6.45) is 0.230. The molecule has 1 aliphatic rings. The Morgan fingerprint density at radius 3 is 2.22 bits per heavy atom. The van der Waals surface area contributed by atoms with E-state index in [-0.39, 0.29) is 19.6 Å². The summed E-state index contributed by atoms with van der Waals surface area (Å²) in [4.78, 5) is 0.620. The molecule has 0 heterocycles. The number of benzene rings is 1. The van der Waals surface area contributed by atoms with Gasteiger partial charge in [-0.05, 0) is 46.2 Å². The number of nitrogens with zero attached hydrogens (tertiary/aromatic N) is 1. The number of hydrogen-bond donors (Lipinski definition) is 0. The topological polar surface area (TPSA) is 76.4 Å². The Bertz CT molecular complexity index is 689. The molecule has 0 amide bonds. The monoisotopic (exact) mass is 355 g/mol. The molecule has 0 radical (unpaired) electrons. The van der Waals surface area contributed by atoms with E-state index in [0.717, 1.165) is 5.56 Å². The van der Waals surface area contributed by atoms with Crippen LogP contribution in [0.5, 0.6) is 0 Å². The first-order valence-corrected chi connectivity index (χ1v) is 10.3. The predicted octanol–water partition coefficient (Wildman–Crippen LogP) is 3.79. The van der Waals surface area contributed by atoms with Gasteiger partial charge in [-0.1, -0.05) is 17.7 Å². The van der Waals surface area contributed by atoms with E-state index < -0.39 is 28.3 Å². The van der Waals surface area contributed by atoms with Crippen LogP contribution < -0.4 is 0 Å². The average Bonchev–Trinajstić information content (AvgIpc) is 3.16. The second kappa shape index (κ2) is 6.49. The summed E-state index contributed by atoms with van der Waals surface area (Å²) in [5, 5.41) is 8.34. The summed E-state index contributed by atoms with van der Waals surface area (Å²) in [5.41, 5.74) is 1.06.